The number of aromatic nitrogens is 1. The third-order valence-corrected chi connectivity index (χ3v) is 3.66. The van der Waals surface area contributed by atoms with Gasteiger partial charge in [-0.15, -0.1) is 0 Å². The molecule has 0 unspecified atom stereocenters. The molecule has 0 radical (unpaired) electrons. The molecule has 0 amide bonds. The molecule has 0 spiro atoms. The second-order valence-electron chi connectivity index (χ2n) is 5.41. The van der Waals surface area contributed by atoms with Gasteiger partial charge in [0.15, 0.2) is 0 Å². The third-order valence-electron chi connectivity index (χ3n) is 3.66. The number of nitrogens with one attached hydrogen (secondary N) is 1. The summed E-state index contributed by atoms with van der Waals surface area (Å²) in [6, 6.07) is 15.2. The summed E-state index contributed by atoms with van der Waals surface area (Å²) in [4.78, 5) is 14.9. The van der Waals surface area contributed by atoms with Gasteiger partial charge in [-0.2, -0.15) is 10.2 Å². The van der Waals surface area contributed by atoms with Crippen LogP contribution >= 0.6 is 0 Å². The Balaban J connectivity index is 1.84. The summed E-state index contributed by atoms with van der Waals surface area (Å²) in [6.07, 6.45) is 0. The van der Waals surface area contributed by atoms with Crippen LogP contribution in [0.5, 0.6) is 5.75 Å². The Morgan fingerprint density at radius 2 is 1.78 bits per heavy atom. The minimum absolute atomic E-state index is 0.0221. The molecule has 0 saturated carbocycles. The number of H-pyrrole nitrogens is 1. The summed E-state index contributed by atoms with van der Waals surface area (Å²) < 4.78 is 0. The Labute approximate surface area is 133 Å². The van der Waals surface area contributed by atoms with Crippen molar-refractivity contribution in [3.8, 4) is 5.75 Å². The van der Waals surface area contributed by atoms with Crippen LogP contribution in [0.25, 0.3) is 10.9 Å². The molecule has 0 fully saturated rings. The lowest BCUT2D eigenvalue weighted by Crippen LogP contribution is -2.12. The fourth-order valence-corrected chi connectivity index (χ4v) is 2.41. The van der Waals surface area contributed by atoms with E-state index in [0.717, 1.165) is 11.1 Å². The highest BCUT2D eigenvalue weighted by atomic mass is 16.3. The molecule has 0 saturated heterocycles. The van der Waals surface area contributed by atoms with Crippen LogP contribution in [0.15, 0.2) is 63.6 Å². The zero-order valence-electron chi connectivity index (χ0n) is 12.8. The molecular weight excluding hydrogens is 290 g/mol. The van der Waals surface area contributed by atoms with Gasteiger partial charge in [-0.25, -0.2) is 0 Å². The first-order valence-corrected chi connectivity index (χ1v) is 7.37. The molecule has 5 nitrogen and oxygen atoms in total. The third kappa shape index (κ3) is 3.29. The Hall–Kier alpha value is -2.95. The number of nitrogens with zero attached hydrogens (tertiary/aromatic N) is 2. The summed E-state index contributed by atoms with van der Waals surface area (Å²) in [5, 5.41) is 19.1. The number of pyridine rings is 1. The largest absolute Gasteiger partial charge is 0.507 e. The number of azo groups is 1. The number of aryl methyl sites for hydroxylation is 1. The molecule has 3 rings (SSSR count). The van der Waals surface area contributed by atoms with E-state index in [1.165, 1.54) is 0 Å². The van der Waals surface area contributed by atoms with Crippen molar-refractivity contribution in [2.45, 2.75) is 20.0 Å². The molecule has 5 heteroatoms. The Kier molecular flexibility index (Phi) is 4.19. The van der Waals surface area contributed by atoms with E-state index in [-0.39, 0.29) is 23.4 Å². The van der Waals surface area contributed by atoms with Crippen molar-refractivity contribution in [3.05, 3.63) is 75.6 Å². The van der Waals surface area contributed by atoms with E-state index in [9.17, 15) is 9.90 Å². The van der Waals surface area contributed by atoms with Crippen LogP contribution in [-0.2, 0) is 13.1 Å². The van der Waals surface area contributed by atoms with Crippen molar-refractivity contribution < 1.29 is 5.11 Å². The minimum Gasteiger partial charge on any atom is -0.507 e. The van der Waals surface area contributed by atoms with Crippen LogP contribution in [0.4, 0.5) is 0 Å². The van der Waals surface area contributed by atoms with E-state index in [1.807, 2.05) is 49.4 Å². The predicted molar refractivity (Wildman–Crippen MR) is 89.7 cm³/mol. The van der Waals surface area contributed by atoms with Crippen molar-refractivity contribution in [2.75, 3.05) is 0 Å². The average molecular weight is 307 g/mol. The first kappa shape index (κ1) is 15.0. The van der Waals surface area contributed by atoms with Crippen molar-refractivity contribution >= 4 is 10.9 Å². The molecular formula is C18H17N3O2. The quantitative estimate of drug-likeness (QED) is 0.721. The molecule has 116 valence electrons. The van der Waals surface area contributed by atoms with Gasteiger partial charge in [-0.3, -0.25) is 4.79 Å². The van der Waals surface area contributed by atoms with E-state index in [1.54, 1.807) is 6.07 Å². The number of aromatic hydroxyl groups is 1. The Bertz CT molecular complexity index is 915. The maximum Gasteiger partial charge on any atom is 0.257 e. The molecule has 0 aliphatic rings. The van der Waals surface area contributed by atoms with Gasteiger partial charge < -0.3 is 10.1 Å². The SMILES string of the molecule is Cc1ccc2[nH]c(=O)c(CN=NCc3ccccc3)c(O)c2c1. The summed E-state index contributed by atoms with van der Waals surface area (Å²) in [5.74, 6) is -0.0221. The lowest BCUT2D eigenvalue weighted by atomic mass is 10.1. The first-order chi connectivity index (χ1) is 11.1. The number of benzene rings is 2. The molecule has 3 aromatic rings. The Morgan fingerprint density at radius 1 is 1.04 bits per heavy atom. The minimum atomic E-state index is -0.336. The summed E-state index contributed by atoms with van der Waals surface area (Å²) in [5.41, 5.74) is 2.57. The number of fused-ring (bicyclic) bond motifs is 1. The molecule has 2 N–H and O–H groups in total. The topological polar surface area (TPSA) is 77.8 Å². The molecule has 1 aromatic heterocycles. The highest BCUT2D eigenvalue weighted by molar-refractivity contribution is 5.86. The van der Waals surface area contributed by atoms with Crippen LogP contribution in [0.2, 0.25) is 0 Å². The molecule has 0 aliphatic heterocycles. The number of hydrogen-bond acceptors (Lipinski definition) is 4. The summed E-state index contributed by atoms with van der Waals surface area (Å²) >= 11 is 0. The number of aromatic amines is 1. The molecule has 0 aliphatic carbocycles. The molecule has 0 atom stereocenters. The van der Waals surface area contributed by atoms with E-state index in [2.05, 4.69) is 15.2 Å². The zero-order chi connectivity index (χ0) is 16.2. The van der Waals surface area contributed by atoms with Crippen LogP contribution in [0.1, 0.15) is 16.7 Å². The van der Waals surface area contributed by atoms with Crippen LogP contribution in [-0.4, -0.2) is 10.1 Å². The van der Waals surface area contributed by atoms with Crippen molar-refractivity contribution in [3.63, 3.8) is 0 Å². The highest BCUT2D eigenvalue weighted by Crippen LogP contribution is 2.26. The molecule has 0 bridgehead atoms. The van der Waals surface area contributed by atoms with Crippen molar-refractivity contribution in [1.29, 1.82) is 0 Å². The van der Waals surface area contributed by atoms with Gasteiger partial charge in [0.05, 0.1) is 24.2 Å². The van der Waals surface area contributed by atoms with Gasteiger partial charge in [-0.05, 0) is 24.6 Å². The summed E-state index contributed by atoms with van der Waals surface area (Å²) in [6.45, 7) is 2.44. The lowest BCUT2D eigenvalue weighted by Gasteiger charge is -2.06. The average Bonchev–Trinajstić information content (AvgIpc) is 2.56. The normalized spacial score (nSPS) is 11.3. The number of rotatable bonds is 4. The fourth-order valence-electron chi connectivity index (χ4n) is 2.41. The van der Waals surface area contributed by atoms with E-state index < -0.39 is 0 Å². The van der Waals surface area contributed by atoms with Crippen molar-refractivity contribution in [2.24, 2.45) is 10.2 Å². The first-order valence-electron chi connectivity index (χ1n) is 7.37. The van der Waals surface area contributed by atoms with E-state index in [0.29, 0.717) is 17.4 Å². The fraction of sp³-hybridized carbons (Fsp3) is 0.167. The molecule has 2 aromatic carbocycles. The summed E-state index contributed by atoms with van der Waals surface area (Å²) in [7, 11) is 0. The number of hydrogen-bond donors (Lipinski definition) is 2. The zero-order valence-corrected chi connectivity index (χ0v) is 12.8. The molecule has 23 heavy (non-hydrogen) atoms. The van der Waals surface area contributed by atoms with Gasteiger partial charge in [0.25, 0.3) is 5.56 Å². The molecule has 1 heterocycles. The van der Waals surface area contributed by atoms with E-state index >= 15 is 0 Å². The Morgan fingerprint density at radius 3 is 2.57 bits per heavy atom. The predicted octanol–water partition coefficient (Wildman–Crippen LogP) is 3.69. The second kappa shape index (κ2) is 6.44. The van der Waals surface area contributed by atoms with Crippen LogP contribution in [0.3, 0.4) is 0 Å². The van der Waals surface area contributed by atoms with Gasteiger partial charge in [0, 0.05) is 5.39 Å². The van der Waals surface area contributed by atoms with E-state index in [4.69, 9.17) is 0 Å². The maximum absolute atomic E-state index is 12.1. The van der Waals surface area contributed by atoms with Gasteiger partial charge in [0.2, 0.25) is 0 Å². The highest BCUT2D eigenvalue weighted by Gasteiger charge is 2.11. The van der Waals surface area contributed by atoms with Crippen LogP contribution < -0.4 is 5.56 Å². The maximum atomic E-state index is 12.1. The lowest BCUT2D eigenvalue weighted by molar-refractivity contribution is 0.472. The second-order valence-corrected chi connectivity index (χ2v) is 5.41. The standard InChI is InChI=1S/C18H17N3O2/c1-12-7-8-16-14(9-12)17(22)15(18(23)21-16)11-20-19-10-13-5-3-2-4-6-13/h2-9H,10-11H2,1H3,(H2,21,22,23). The van der Waals surface area contributed by atoms with Gasteiger partial charge in [-0.1, -0.05) is 42.0 Å². The van der Waals surface area contributed by atoms with Crippen LogP contribution in [0, 0.1) is 6.92 Å². The van der Waals surface area contributed by atoms with Crippen molar-refractivity contribution in [1.82, 2.24) is 4.98 Å². The smallest absolute Gasteiger partial charge is 0.257 e. The van der Waals surface area contributed by atoms with Gasteiger partial charge >= 0.3 is 0 Å². The monoisotopic (exact) mass is 307 g/mol. The van der Waals surface area contributed by atoms with Gasteiger partial charge in [0.1, 0.15) is 5.75 Å².